The Hall–Kier alpha value is -0.200. The number of nitrogens with zero attached hydrogens (tertiary/aromatic N) is 1. The van der Waals surface area contributed by atoms with Crippen molar-refractivity contribution >= 4 is 53.1 Å². The third kappa shape index (κ3) is 5.36. The van der Waals surface area contributed by atoms with Gasteiger partial charge in [-0.15, -0.1) is 24.0 Å². The number of aliphatic imine (C=N–C) groups is 1. The Bertz CT molecular complexity index is 461. The van der Waals surface area contributed by atoms with Gasteiger partial charge < -0.3 is 11.1 Å². The van der Waals surface area contributed by atoms with E-state index in [0.717, 1.165) is 18.0 Å². The van der Waals surface area contributed by atoms with Gasteiger partial charge in [-0.3, -0.25) is 4.99 Å². The minimum Gasteiger partial charge on any atom is -0.370 e. The lowest BCUT2D eigenvalue weighted by Crippen LogP contribution is -2.34. The number of nitrogens with two attached hydrogens (primary N) is 1. The topological polar surface area (TPSA) is 50.4 Å². The molecule has 3 nitrogen and oxygen atoms in total. The number of nitrogens with one attached hydrogen (secondary N) is 1. The zero-order chi connectivity index (χ0) is 13.1. The third-order valence-electron chi connectivity index (χ3n) is 3.01. The van der Waals surface area contributed by atoms with Crippen LogP contribution in [0.1, 0.15) is 31.4 Å². The van der Waals surface area contributed by atoms with E-state index in [1.807, 2.05) is 19.1 Å². The maximum absolute atomic E-state index is 6.14. The second-order valence-corrected chi connectivity index (χ2v) is 5.54. The Morgan fingerprint density at radius 1 is 1.47 bits per heavy atom. The second-order valence-electron chi connectivity index (χ2n) is 4.70. The first kappa shape index (κ1) is 16.9. The number of benzene rings is 1. The van der Waals surface area contributed by atoms with Crippen LogP contribution in [0.3, 0.4) is 0 Å². The van der Waals surface area contributed by atoms with Crippen molar-refractivity contribution in [1.29, 1.82) is 0 Å². The molecule has 1 atom stereocenters. The highest BCUT2D eigenvalue weighted by Gasteiger charge is 2.20. The molecule has 1 saturated carbocycles. The first-order valence-corrected chi connectivity index (χ1v) is 6.83. The highest BCUT2D eigenvalue weighted by Crippen LogP contribution is 2.29. The molecule has 0 spiro atoms. The SMILES string of the molecule is CC(NC(N)=NCC1CC1)c1ccc(Cl)cc1Cl.I. The maximum Gasteiger partial charge on any atom is 0.189 e. The molecule has 3 N–H and O–H groups in total. The maximum atomic E-state index is 6.14. The van der Waals surface area contributed by atoms with Crippen molar-refractivity contribution in [3.05, 3.63) is 33.8 Å². The zero-order valence-electron chi connectivity index (χ0n) is 10.7. The molecule has 0 radical (unpaired) electrons. The van der Waals surface area contributed by atoms with Crippen LogP contribution in [0, 0.1) is 5.92 Å². The molecule has 1 aromatic rings. The average molecular weight is 414 g/mol. The van der Waals surface area contributed by atoms with Crippen LogP contribution in [0.15, 0.2) is 23.2 Å². The Labute approximate surface area is 141 Å². The molecule has 1 aliphatic rings. The largest absolute Gasteiger partial charge is 0.370 e. The van der Waals surface area contributed by atoms with E-state index < -0.39 is 0 Å². The van der Waals surface area contributed by atoms with Crippen molar-refractivity contribution in [2.75, 3.05) is 6.54 Å². The van der Waals surface area contributed by atoms with Crippen LogP contribution in [0.25, 0.3) is 0 Å². The molecule has 19 heavy (non-hydrogen) atoms. The lowest BCUT2D eigenvalue weighted by molar-refractivity contribution is 0.704. The van der Waals surface area contributed by atoms with Crippen LogP contribution in [-0.4, -0.2) is 12.5 Å². The van der Waals surface area contributed by atoms with Crippen molar-refractivity contribution < 1.29 is 0 Å². The minimum absolute atomic E-state index is 0. The van der Waals surface area contributed by atoms with Crippen LogP contribution in [0.5, 0.6) is 0 Å². The van der Waals surface area contributed by atoms with Gasteiger partial charge in [0.2, 0.25) is 0 Å². The highest BCUT2D eigenvalue weighted by atomic mass is 127. The number of hydrogen-bond acceptors (Lipinski definition) is 1. The molecule has 1 fully saturated rings. The van der Waals surface area contributed by atoms with E-state index in [9.17, 15) is 0 Å². The molecule has 0 saturated heterocycles. The zero-order valence-corrected chi connectivity index (χ0v) is 14.5. The van der Waals surface area contributed by atoms with Gasteiger partial charge in [0.1, 0.15) is 0 Å². The van der Waals surface area contributed by atoms with Crippen molar-refractivity contribution in [1.82, 2.24) is 5.32 Å². The lowest BCUT2D eigenvalue weighted by atomic mass is 10.1. The molecule has 0 heterocycles. The van der Waals surface area contributed by atoms with Crippen LogP contribution >= 0.6 is 47.2 Å². The summed E-state index contributed by atoms with van der Waals surface area (Å²) in [5.41, 5.74) is 6.80. The van der Waals surface area contributed by atoms with E-state index in [1.54, 1.807) is 6.07 Å². The molecule has 106 valence electrons. The molecule has 1 unspecified atom stereocenters. The molecular formula is C13H18Cl2IN3. The van der Waals surface area contributed by atoms with E-state index in [2.05, 4.69) is 10.3 Å². The average Bonchev–Trinajstić information content (AvgIpc) is 3.09. The fraction of sp³-hybridized carbons (Fsp3) is 0.462. The summed E-state index contributed by atoms with van der Waals surface area (Å²) in [6, 6.07) is 5.46. The Morgan fingerprint density at radius 2 is 2.16 bits per heavy atom. The fourth-order valence-electron chi connectivity index (χ4n) is 1.73. The van der Waals surface area contributed by atoms with Gasteiger partial charge >= 0.3 is 0 Å². The summed E-state index contributed by atoms with van der Waals surface area (Å²) in [5.74, 6) is 1.21. The summed E-state index contributed by atoms with van der Waals surface area (Å²) in [6.07, 6.45) is 2.55. The monoisotopic (exact) mass is 413 g/mol. The molecule has 2 rings (SSSR count). The van der Waals surface area contributed by atoms with E-state index in [0.29, 0.717) is 16.0 Å². The summed E-state index contributed by atoms with van der Waals surface area (Å²) < 4.78 is 0. The van der Waals surface area contributed by atoms with Crippen LogP contribution in [0.2, 0.25) is 10.0 Å². The van der Waals surface area contributed by atoms with Gasteiger partial charge in [-0.05, 0) is 43.4 Å². The normalized spacial score (nSPS) is 16.7. The van der Waals surface area contributed by atoms with Gasteiger partial charge in [0.15, 0.2) is 5.96 Å². The molecule has 1 aliphatic carbocycles. The van der Waals surface area contributed by atoms with E-state index in [1.165, 1.54) is 12.8 Å². The van der Waals surface area contributed by atoms with Gasteiger partial charge in [-0.25, -0.2) is 0 Å². The van der Waals surface area contributed by atoms with Gasteiger partial charge in [0.25, 0.3) is 0 Å². The molecule has 1 aromatic carbocycles. The Morgan fingerprint density at radius 3 is 2.74 bits per heavy atom. The summed E-state index contributed by atoms with van der Waals surface area (Å²) >= 11 is 12.0. The summed E-state index contributed by atoms with van der Waals surface area (Å²) in [6.45, 7) is 2.81. The van der Waals surface area contributed by atoms with Crippen LogP contribution < -0.4 is 11.1 Å². The van der Waals surface area contributed by atoms with Gasteiger partial charge in [0, 0.05) is 16.6 Å². The number of hydrogen-bond donors (Lipinski definition) is 2. The van der Waals surface area contributed by atoms with Crippen molar-refractivity contribution in [3.63, 3.8) is 0 Å². The third-order valence-corrected chi connectivity index (χ3v) is 3.57. The Balaban J connectivity index is 0.00000180. The predicted molar refractivity (Wildman–Crippen MR) is 92.6 cm³/mol. The van der Waals surface area contributed by atoms with E-state index >= 15 is 0 Å². The second kappa shape index (κ2) is 7.55. The fourth-order valence-corrected chi connectivity index (χ4v) is 2.30. The van der Waals surface area contributed by atoms with Gasteiger partial charge in [0.05, 0.1) is 6.04 Å². The first-order chi connectivity index (χ1) is 8.56. The summed E-state index contributed by atoms with van der Waals surface area (Å²) in [4.78, 5) is 4.31. The number of rotatable bonds is 4. The Kier molecular flexibility index (Phi) is 6.69. The molecule has 0 aliphatic heterocycles. The van der Waals surface area contributed by atoms with Crippen LogP contribution in [0.4, 0.5) is 0 Å². The summed E-state index contributed by atoms with van der Waals surface area (Å²) in [7, 11) is 0. The molecular weight excluding hydrogens is 396 g/mol. The van der Waals surface area contributed by atoms with E-state index in [-0.39, 0.29) is 30.0 Å². The first-order valence-electron chi connectivity index (χ1n) is 6.07. The van der Waals surface area contributed by atoms with Crippen molar-refractivity contribution in [3.8, 4) is 0 Å². The predicted octanol–water partition coefficient (Wildman–Crippen LogP) is 3.99. The molecule has 0 bridgehead atoms. The smallest absolute Gasteiger partial charge is 0.189 e. The van der Waals surface area contributed by atoms with Crippen molar-refractivity contribution in [2.45, 2.75) is 25.8 Å². The van der Waals surface area contributed by atoms with Crippen LogP contribution in [-0.2, 0) is 0 Å². The molecule has 0 aromatic heterocycles. The quantitative estimate of drug-likeness (QED) is 0.445. The summed E-state index contributed by atoms with van der Waals surface area (Å²) in [5, 5.41) is 4.41. The van der Waals surface area contributed by atoms with Crippen molar-refractivity contribution in [2.24, 2.45) is 16.6 Å². The van der Waals surface area contributed by atoms with Gasteiger partial charge in [-0.2, -0.15) is 0 Å². The standard InChI is InChI=1S/C13H17Cl2N3.HI/c1-8(11-5-4-10(14)6-12(11)15)18-13(16)17-7-9-2-3-9;/h4-6,8-9H,2-3,7H2,1H3,(H3,16,17,18);1H. The molecule has 0 amide bonds. The number of halogens is 3. The highest BCUT2D eigenvalue weighted by molar-refractivity contribution is 14.0. The minimum atomic E-state index is 0. The molecule has 6 heteroatoms. The van der Waals surface area contributed by atoms with E-state index in [4.69, 9.17) is 28.9 Å². The lowest BCUT2D eigenvalue weighted by Gasteiger charge is -2.16. The number of guanidine groups is 1. The van der Waals surface area contributed by atoms with Gasteiger partial charge in [-0.1, -0.05) is 29.3 Å².